The molecule has 1 atom stereocenters. The Labute approximate surface area is 182 Å². The van der Waals surface area contributed by atoms with Gasteiger partial charge in [-0.2, -0.15) is 0 Å². The van der Waals surface area contributed by atoms with Gasteiger partial charge in [-0.3, -0.25) is 9.69 Å². The van der Waals surface area contributed by atoms with Gasteiger partial charge < -0.3 is 20.7 Å². The largest absolute Gasteiger partial charge is 0.379 e. The lowest BCUT2D eigenvalue weighted by molar-refractivity contribution is -0.114. The number of carbonyl (C=O) groups excluding carboxylic acids is 1. The van der Waals surface area contributed by atoms with Crippen molar-refractivity contribution in [2.24, 2.45) is 4.99 Å². The molecule has 3 N–H and O–H groups in total. The normalized spacial score (nSPS) is 16.1. The average Bonchev–Trinajstić information content (AvgIpc) is 3.27. The summed E-state index contributed by atoms with van der Waals surface area (Å²) in [6.07, 6.45) is 0. The van der Waals surface area contributed by atoms with E-state index in [0.717, 1.165) is 56.6 Å². The fraction of sp³-hybridized carbons (Fsp3) is 0.455. The molecule has 3 rings (SSSR count). The van der Waals surface area contributed by atoms with Gasteiger partial charge in [-0.25, -0.2) is 4.99 Å². The predicted octanol–water partition coefficient (Wildman–Crippen LogP) is 2.84. The number of benzene rings is 1. The summed E-state index contributed by atoms with van der Waals surface area (Å²) in [5.74, 6) is 0.714. The van der Waals surface area contributed by atoms with Gasteiger partial charge in [0.05, 0.1) is 25.8 Å². The first-order valence-corrected chi connectivity index (χ1v) is 11.3. The number of ether oxygens (including phenoxy) is 1. The summed E-state index contributed by atoms with van der Waals surface area (Å²) in [7, 11) is 0. The lowest BCUT2D eigenvalue weighted by atomic mass is 10.2. The highest BCUT2D eigenvalue weighted by atomic mass is 32.1. The number of hydrogen-bond acceptors (Lipinski definition) is 5. The van der Waals surface area contributed by atoms with Crippen molar-refractivity contribution in [3.05, 3.63) is 52.2 Å². The number of guanidine groups is 1. The minimum absolute atomic E-state index is 0.0756. The van der Waals surface area contributed by atoms with Crippen LogP contribution in [-0.4, -0.2) is 56.2 Å². The molecule has 162 valence electrons. The molecule has 1 amide bonds. The smallest absolute Gasteiger partial charge is 0.221 e. The van der Waals surface area contributed by atoms with Gasteiger partial charge in [-0.15, -0.1) is 11.3 Å². The monoisotopic (exact) mass is 429 g/mol. The van der Waals surface area contributed by atoms with E-state index in [2.05, 4.69) is 45.3 Å². The van der Waals surface area contributed by atoms with Gasteiger partial charge in [0.25, 0.3) is 0 Å². The highest BCUT2D eigenvalue weighted by Gasteiger charge is 2.23. The molecule has 1 saturated heterocycles. The molecular formula is C22H31N5O2S. The molecule has 7 nitrogen and oxygen atoms in total. The maximum atomic E-state index is 11.3. The fourth-order valence-electron chi connectivity index (χ4n) is 3.44. The third-order valence-corrected chi connectivity index (χ3v) is 5.81. The van der Waals surface area contributed by atoms with E-state index in [4.69, 9.17) is 9.73 Å². The topological polar surface area (TPSA) is 78.0 Å². The van der Waals surface area contributed by atoms with Crippen LogP contribution < -0.4 is 16.0 Å². The molecule has 0 aliphatic carbocycles. The van der Waals surface area contributed by atoms with Crippen molar-refractivity contribution in [1.29, 1.82) is 0 Å². The SMILES string of the molecule is CCNC(=NCc1cccc(NC(C)=O)c1)NCC(c1cccs1)N1CCOCC1. The number of morpholine rings is 1. The summed E-state index contributed by atoms with van der Waals surface area (Å²) in [6, 6.07) is 12.4. The average molecular weight is 430 g/mol. The molecule has 30 heavy (non-hydrogen) atoms. The second-order valence-electron chi connectivity index (χ2n) is 7.14. The van der Waals surface area contributed by atoms with Crippen LogP contribution in [0, 0.1) is 0 Å². The Morgan fingerprint density at radius 2 is 2.07 bits per heavy atom. The molecule has 1 aliphatic heterocycles. The van der Waals surface area contributed by atoms with Crippen LogP contribution in [0.4, 0.5) is 5.69 Å². The van der Waals surface area contributed by atoms with Crippen LogP contribution in [0.2, 0.25) is 0 Å². The molecule has 1 aromatic heterocycles. The Balaban J connectivity index is 1.65. The van der Waals surface area contributed by atoms with Gasteiger partial charge in [0, 0.05) is 43.7 Å². The number of carbonyl (C=O) groups is 1. The van der Waals surface area contributed by atoms with E-state index in [0.29, 0.717) is 12.6 Å². The molecule has 2 aromatic rings. The van der Waals surface area contributed by atoms with Crippen molar-refractivity contribution >= 4 is 28.9 Å². The summed E-state index contributed by atoms with van der Waals surface area (Å²) in [5, 5.41) is 11.8. The number of anilines is 1. The molecule has 0 saturated carbocycles. The molecule has 0 radical (unpaired) electrons. The predicted molar refractivity (Wildman–Crippen MR) is 123 cm³/mol. The van der Waals surface area contributed by atoms with Crippen molar-refractivity contribution in [3.8, 4) is 0 Å². The molecule has 0 spiro atoms. The summed E-state index contributed by atoms with van der Waals surface area (Å²) in [5.41, 5.74) is 1.83. The van der Waals surface area contributed by atoms with E-state index in [-0.39, 0.29) is 5.91 Å². The lowest BCUT2D eigenvalue weighted by Gasteiger charge is -2.34. The molecule has 1 aliphatic rings. The first kappa shape index (κ1) is 22.3. The molecule has 1 unspecified atom stereocenters. The second kappa shape index (κ2) is 11.7. The number of nitrogens with zero attached hydrogens (tertiary/aromatic N) is 2. The zero-order valence-electron chi connectivity index (χ0n) is 17.7. The standard InChI is InChI=1S/C22H31N5O2S/c1-3-23-22(24-15-18-6-4-7-19(14-18)26-17(2)28)25-16-20(21-8-5-13-30-21)27-9-11-29-12-10-27/h4-8,13-14,20H,3,9-12,15-16H2,1-2H3,(H,26,28)(H2,23,24,25). The molecule has 1 aromatic carbocycles. The Hall–Kier alpha value is -2.42. The van der Waals surface area contributed by atoms with Crippen molar-refractivity contribution in [1.82, 2.24) is 15.5 Å². The number of nitrogens with one attached hydrogen (secondary N) is 3. The maximum Gasteiger partial charge on any atom is 0.221 e. The number of thiophene rings is 1. The Kier molecular flexibility index (Phi) is 8.67. The maximum absolute atomic E-state index is 11.3. The quantitative estimate of drug-likeness (QED) is 0.444. The zero-order valence-corrected chi connectivity index (χ0v) is 18.5. The van der Waals surface area contributed by atoms with Crippen LogP contribution in [0.3, 0.4) is 0 Å². The third-order valence-electron chi connectivity index (χ3n) is 4.83. The van der Waals surface area contributed by atoms with Crippen molar-refractivity contribution < 1.29 is 9.53 Å². The summed E-state index contributed by atoms with van der Waals surface area (Å²) < 4.78 is 5.53. The van der Waals surface area contributed by atoms with E-state index in [1.807, 2.05) is 24.3 Å². The van der Waals surface area contributed by atoms with Crippen molar-refractivity contribution in [3.63, 3.8) is 0 Å². The van der Waals surface area contributed by atoms with Gasteiger partial charge in [-0.05, 0) is 36.1 Å². The molecule has 0 bridgehead atoms. The van der Waals surface area contributed by atoms with Crippen molar-refractivity contribution in [2.45, 2.75) is 26.4 Å². The summed E-state index contributed by atoms with van der Waals surface area (Å²) >= 11 is 1.79. The van der Waals surface area contributed by atoms with E-state index < -0.39 is 0 Å². The van der Waals surface area contributed by atoms with E-state index in [9.17, 15) is 4.79 Å². The summed E-state index contributed by atoms with van der Waals surface area (Å²) in [6.45, 7) is 9.11. The summed E-state index contributed by atoms with van der Waals surface area (Å²) in [4.78, 5) is 19.9. The molecular weight excluding hydrogens is 398 g/mol. The Bertz CT molecular complexity index is 819. The Morgan fingerprint density at radius 1 is 1.23 bits per heavy atom. The minimum atomic E-state index is -0.0756. The van der Waals surface area contributed by atoms with E-state index in [1.54, 1.807) is 11.3 Å². The van der Waals surface area contributed by atoms with Gasteiger partial charge in [0.15, 0.2) is 5.96 Å². The van der Waals surface area contributed by atoms with Gasteiger partial charge in [0.2, 0.25) is 5.91 Å². The van der Waals surface area contributed by atoms with Crippen LogP contribution in [0.25, 0.3) is 0 Å². The highest BCUT2D eigenvalue weighted by Crippen LogP contribution is 2.25. The number of hydrogen-bond donors (Lipinski definition) is 3. The number of aliphatic imine (C=N–C) groups is 1. The fourth-order valence-corrected chi connectivity index (χ4v) is 4.30. The van der Waals surface area contributed by atoms with Crippen LogP contribution >= 0.6 is 11.3 Å². The van der Waals surface area contributed by atoms with Crippen LogP contribution in [0.1, 0.15) is 30.3 Å². The Morgan fingerprint density at radius 3 is 2.77 bits per heavy atom. The molecule has 1 fully saturated rings. The number of amides is 1. The lowest BCUT2D eigenvalue weighted by Crippen LogP contribution is -2.46. The van der Waals surface area contributed by atoms with Gasteiger partial charge >= 0.3 is 0 Å². The minimum Gasteiger partial charge on any atom is -0.379 e. The van der Waals surface area contributed by atoms with Gasteiger partial charge in [0.1, 0.15) is 0 Å². The van der Waals surface area contributed by atoms with Gasteiger partial charge in [-0.1, -0.05) is 18.2 Å². The first-order valence-electron chi connectivity index (χ1n) is 10.4. The van der Waals surface area contributed by atoms with Crippen LogP contribution in [-0.2, 0) is 16.1 Å². The van der Waals surface area contributed by atoms with Crippen molar-refractivity contribution in [2.75, 3.05) is 44.7 Å². The number of rotatable bonds is 8. The first-order chi connectivity index (χ1) is 14.7. The second-order valence-corrected chi connectivity index (χ2v) is 8.12. The molecule has 8 heteroatoms. The van der Waals surface area contributed by atoms with Crippen LogP contribution in [0.5, 0.6) is 0 Å². The highest BCUT2D eigenvalue weighted by molar-refractivity contribution is 7.10. The molecule has 2 heterocycles. The van der Waals surface area contributed by atoms with Crippen LogP contribution in [0.15, 0.2) is 46.8 Å². The zero-order chi connectivity index (χ0) is 21.2. The third kappa shape index (κ3) is 6.83. The van der Waals surface area contributed by atoms with E-state index in [1.165, 1.54) is 11.8 Å². The van der Waals surface area contributed by atoms with E-state index >= 15 is 0 Å².